The quantitative estimate of drug-likeness (QED) is 0.299. The predicted molar refractivity (Wildman–Crippen MR) is 111 cm³/mol. The molecule has 12 heteroatoms. The fourth-order valence-corrected chi connectivity index (χ4v) is 3.74. The van der Waals surface area contributed by atoms with Gasteiger partial charge in [0.05, 0.1) is 5.69 Å². The molecule has 0 saturated carbocycles. The number of rotatable bonds is 7. The molecule has 2 aromatic heterocycles. The molecule has 3 rings (SSSR count). The molecule has 0 bridgehead atoms. The molecule has 0 aliphatic heterocycles. The van der Waals surface area contributed by atoms with Gasteiger partial charge in [0.1, 0.15) is 0 Å². The number of aromatic nitrogens is 5. The molecule has 1 aromatic carbocycles. The lowest BCUT2D eigenvalue weighted by Crippen LogP contribution is -2.50. The van der Waals surface area contributed by atoms with Crippen LogP contribution >= 0.6 is 0 Å². The molecular weight excluding hydrogens is 441 g/mol. The third kappa shape index (κ3) is 4.73. The summed E-state index contributed by atoms with van der Waals surface area (Å²) >= 11 is 0. The van der Waals surface area contributed by atoms with Crippen LogP contribution in [0.4, 0.5) is 13.2 Å². The van der Waals surface area contributed by atoms with E-state index in [0.717, 1.165) is 0 Å². The molecule has 174 valence electrons. The second kappa shape index (κ2) is 8.68. The number of pyridine rings is 1. The van der Waals surface area contributed by atoms with Crippen molar-refractivity contribution in [2.24, 2.45) is 0 Å². The number of carbonyl (C=O) groups excluding carboxylic acids is 1. The lowest BCUT2D eigenvalue weighted by atomic mass is 9.72. The van der Waals surface area contributed by atoms with Gasteiger partial charge in [0.15, 0.2) is 17.0 Å². The van der Waals surface area contributed by atoms with Crippen molar-refractivity contribution in [2.75, 3.05) is 6.54 Å². The summed E-state index contributed by atoms with van der Waals surface area (Å²) in [6.45, 7) is 4.61. The van der Waals surface area contributed by atoms with Gasteiger partial charge in [-0.15, -0.1) is 15.0 Å². The van der Waals surface area contributed by atoms with Gasteiger partial charge in [-0.2, -0.15) is 13.2 Å². The van der Waals surface area contributed by atoms with E-state index in [9.17, 15) is 28.1 Å². The Morgan fingerprint density at radius 2 is 1.76 bits per heavy atom. The minimum atomic E-state index is -5.07. The highest BCUT2D eigenvalue weighted by atomic mass is 19.4. The summed E-state index contributed by atoms with van der Waals surface area (Å²) in [6.07, 6.45) is -6.19. The maximum absolute atomic E-state index is 14.5. The molecule has 0 fully saturated rings. The summed E-state index contributed by atoms with van der Waals surface area (Å²) < 4.78 is 43.6. The molecule has 3 aromatic rings. The molecule has 0 aliphatic carbocycles. The van der Waals surface area contributed by atoms with Crippen molar-refractivity contribution in [3.8, 4) is 5.69 Å². The van der Waals surface area contributed by atoms with Crippen molar-refractivity contribution in [2.45, 2.75) is 45.7 Å². The zero-order valence-corrected chi connectivity index (χ0v) is 18.3. The highest BCUT2D eigenvalue weighted by Crippen LogP contribution is 2.46. The first-order chi connectivity index (χ1) is 15.3. The molecule has 0 spiro atoms. The van der Waals surface area contributed by atoms with Gasteiger partial charge in [-0.25, -0.2) is 0 Å². The number of benzene rings is 1. The van der Waals surface area contributed by atoms with Crippen LogP contribution in [0.25, 0.3) is 5.69 Å². The second-order valence-electron chi connectivity index (χ2n) is 7.87. The van der Waals surface area contributed by atoms with E-state index in [1.54, 1.807) is 6.92 Å². The largest absolute Gasteiger partial charge is 0.405 e. The fourth-order valence-electron chi connectivity index (χ4n) is 3.74. The fraction of sp³-hybridized carbons (Fsp3) is 0.381. The molecule has 0 aliphatic rings. The molecule has 0 N–H and O–H groups in total. The maximum atomic E-state index is 14.5. The Kier molecular flexibility index (Phi) is 6.30. The Morgan fingerprint density at radius 1 is 1.12 bits per heavy atom. The number of halogens is 3. The van der Waals surface area contributed by atoms with E-state index < -0.39 is 35.3 Å². The molecule has 33 heavy (non-hydrogen) atoms. The number of alkyl halides is 3. The van der Waals surface area contributed by atoms with Crippen molar-refractivity contribution in [1.82, 2.24) is 25.2 Å². The van der Waals surface area contributed by atoms with Gasteiger partial charge in [0.25, 0.3) is 0 Å². The normalized spacial score (nSPS) is 13.5. The van der Waals surface area contributed by atoms with Crippen LogP contribution in [0, 0.1) is 37.8 Å². The first-order valence-corrected chi connectivity index (χ1v) is 9.88. The monoisotopic (exact) mass is 462 g/mol. The number of nitrogens with zero attached hydrogens (tertiary/aromatic N) is 6. The molecular formula is C21H21F3N6O3. The second-order valence-corrected chi connectivity index (χ2v) is 7.87. The summed E-state index contributed by atoms with van der Waals surface area (Å²) in [4.78, 5) is 28.7. The molecule has 0 saturated heterocycles. The van der Waals surface area contributed by atoms with Crippen molar-refractivity contribution >= 4 is 5.78 Å². The van der Waals surface area contributed by atoms with E-state index in [-0.39, 0.29) is 22.4 Å². The van der Waals surface area contributed by atoms with Gasteiger partial charge < -0.3 is 0 Å². The number of aryl methyl sites for hydroxylation is 3. The van der Waals surface area contributed by atoms with Gasteiger partial charge in [-0.3, -0.25) is 19.9 Å². The van der Waals surface area contributed by atoms with Crippen LogP contribution in [0.2, 0.25) is 0 Å². The highest BCUT2D eigenvalue weighted by molar-refractivity contribution is 5.97. The Bertz CT molecular complexity index is 1210. The molecule has 1 unspecified atom stereocenters. The molecule has 0 radical (unpaired) electrons. The number of tetrazole rings is 1. The third-order valence-electron chi connectivity index (χ3n) is 5.50. The molecule has 2 heterocycles. The smallest absolute Gasteiger partial charge is 0.294 e. The first-order valence-electron chi connectivity index (χ1n) is 9.88. The lowest BCUT2D eigenvalue weighted by molar-refractivity contribution is -0.501. The third-order valence-corrected chi connectivity index (χ3v) is 5.50. The Labute approximate surface area is 186 Å². The van der Waals surface area contributed by atoms with E-state index in [4.69, 9.17) is 0 Å². The zero-order valence-electron chi connectivity index (χ0n) is 18.3. The maximum Gasteiger partial charge on any atom is 0.405 e. The van der Waals surface area contributed by atoms with E-state index >= 15 is 0 Å². The summed E-state index contributed by atoms with van der Waals surface area (Å²) in [6, 6.07) is 6.76. The number of ketones is 1. The average Bonchev–Trinajstić information content (AvgIpc) is 3.15. The Hall–Kier alpha value is -3.70. The van der Waals surface area contributed by atoms with E-state index in [1.807, 2.05) is 0 Å². The van der Waals surface area contributed by atoms with Crippen LogP contribution in [-0.4, -0.2) is 48.6 Å². The van der Waals surface area contributed by atoms with Gasteiger partial charge in [-0.1, -0.05) is 0 Å². The molecule has 9 nitrogen and oxygen atoms in total. The van der Waals surface area contributed by atoms with Crippen molar-refractivity contribution < 1.29 is 22.9 Å². The topological polar surface area (TPSA) is 117 Å². The number of carbonyl (C=O) groups is 1. The Balaban J connectivity index is 2.07. The number of Topliss-reactive ketones (excluding diaryl/α,β-unsaturated/α-hetero) is 1. The highest BCUT2D eigenvalue weighted by Gasteiger charge is 2.61. The Morgan fingerprint density at radius 3 is 2.27 bits per heavy atom. The zero-order chi connectivity index (χ0) is 24.6. The van der Waals surface area contributed by atoms with Crippen molar-refractivity contribution in [3.05, 3.63) is 74.3 Å². The molecule has 0 amide bonds. The lowest BCUT2D eigenvalue weighted by Gasteiger charge is -2.34. The van der Waals surface area contributed by atoms with Crippen LogP contribution in [0.5, 0.6) is 0 Å². The van der Waals surface area contributed by atoms with E-state index in [0.29, 0.717) is 17.2 Å². The predicted octanol–water partition coefficient (Wildman–Crippen LogP) is 3.64. The minimum absolute atomic E-state index is 0.0206. The summed E-state index contributed by atoms with van der Waals surface area (Å²) in [7, 11) is 0. The average molecular weight is 462 g/mol. The summed E-state index contributed by atoms with van der Waals surface area (Å²) in [5.41, 5.74) is -2.14. The number of nitro groups is 1. The van der Waals surface area contributed by atoms with Crippen molar-refractivity contribution in [3.63, 3.8) is 0 Å². The van der Waals surface area contributed by atoms with Crippen LogP contribution < -0.4 is 0 Å². The number of hydrogen-bond donors (Lipinski definition) is 0. The van der Waals surface area contributed by atoms with Crippen LogP contribution in [0.1, 0.15) is 45.1 Å². The summed E-state index contributed by atoms with van der Waals surface area (Å²) in [5.74, 6) is -0.460. The molecule has 1 atom stereocenters. The first kappa shape index (κ1) is 24.0. The van der Waals surface area contributed by atoms with Crippen LogP contribution in [0.3, 0.4) is 0 Å². The van der Waals surface area contributed by atoms with E-state index in [1.165, 1.54) is 55.9 Å². The van der Waals surface area contributed by atoms with E-state index in [2.05, 4.69) is 20.4 Å². The van der Waals surface area contributed by atoms with Crippen LogP contribution in [-0.2, 0) is 5.41 Å². The van der Waals surface area contributed by atoms with Crippen molar-refractivity contribution in [1.29, 1.82) is 0 Å². The SMILES string of the molecule is Cc1cc(C(CC(=O)c2ccc(-n3nnc(C)n3)cc2)(C[N+](=O)[O-])C(F)(F)F)c(C)c(C)n1. The van der Waals surface area contributed by atoms with Gasteiger partial charge in [-0.05, 0) is 74.4 Å². The standard InChI is InChI=1S/C21H21F3N6O3/c1-12-9-18(13(2)14(3)25-12)20(11-29(32)33,21(22,23)24)10-19(31)16-5-7-17(8-6-16)30-27-15(4)26-28-30/h5-9H,10-11H2,1-4H3. The minimum Gasteiger partial charge on any atom is -0.294 e. The van der Waals surface area contributed by atoms with Crippen LogP contribution in [0.15, 0.2) is 30.3 Å². The van der Waals surface area contributed by atoms with Gasteiger partial charge in [0, 0.05) is 28.3 Å². The number of hydrogen-bond acceptors (Lipinski definition) is 7. The summed E-state index contributed by atoms with van der Waals surface area (Å²) in [5, 5.41) is 23.0. The van der Waals surface area contributed by atoms with Gasteiger partial charge >= 0.3 is 6.18 Å². The van der Waals surface area contributed by atoms with Gasteiger partial charge in [0.2, 0.25) is 6.54 Å².